The molecule has 0 unspecified atom stereocenters. The highest BCUT2D eigenvalue weighted by Gasteiger charge is 2.34. The molecule has 0 heterocycles. The van der Waals surface area contributed by atoms with Crippen molar-refractivity contribution in [2.75, 3.05) is 13.2 Å². The van der Waals surface area contributed by atoms with E-state index in [-0.39, 0.29) is 19.6 Å². The van der Waals surface area contributed by atoms with Gasteiger partial charge in [0.2, 0.25) is 0 Å². The Hall–Kier alpha value is -1.50. The van der Waals surface area contributed by atoms with Crippen molar-refractivity contribution in [2.45, 2.75) is 65.1 Å². The Labute approximate surface area is 126 Å². The lowest BCUT2D eigenvalue weighted by atomic mass is 10.0. The third kappa shape index (κ3) is 5.79. The van der Waals surface area contributed by atoms with Gasteiger partial charge in [-0.15, -0.1) is 0 Å². The van der Waals surface area contributed by atoms with E-state index in [0.717, 1.165) is 0 Å². The number of carbonyl (C=O) groups is 2. The second kappa shape index (κ2) is 6.98. The summed E-state index contributed by atoms with van der Waals surface area (Å²) >= 11 is 0. The maximum atomic E-state index is 11.4. The summed E-state index contributed by atoms with van der Waals surface area (Å²) in [6.45, 7) is 10.3. The van der Waals surface area contributed by atoms with Gasteiger partial charge in [0.05, 0.1) is 12.6 Å². The first kappa shape index (κ1) is 19.5. The summed E-state index contributed by atoms with van der Waals surface area (Å²) in [6.07, 6.45) is -1.94. The molecule has 21 heavy (non-hydrogen) atoms. The predicted molar refractivity (Wildman–Crippen MR) is 79.6 cm³/mol. The molecule has 0 bridgehead atoms. The quantitative estimate of drug-likeness (QED) is 0.723. The molecule has 0 saturated carbocycles. The van der Waals surface area contributed by atoms with Crippen LogP contribution in [-0.4, -0.2) is 67.6 Å². The molecule has 0 aromatic carbocycles. The van der Waals surface area contributed by atoms with E-state index in [9.17, 15) is 24.9 Å². The van der Waals surface area contributed by atoms with Gasteiger partial charge in [0.15, 0.2) is 0 Å². The van der Waals surface area contributed by atoms with Crippen LogP contribution in [0.25, 0.3) is 0 Å². The SMILES string of the molecule is CC(C)(C)N(CC[C@@H](CO)N(C(=O)O)C(C)(C)C)C(=O)O. The predicted octanol–water partition coefficient (Wildman–Crippen LogP) is 2.29. The maximum absolute atomic E-state index is 11.4. The second-order valence-corrected chi connectivity index (χ2v) is 7.05. The van der Waals surface area contributed by atoms with Crippen LogP contribution in [0.3, 0.4) is 0 Å². The molecule has 0 spiro atoms. The standard InChI is InChI=1S/C14H28N2O5/c1-13(2,3)15(11(18)19)8-7-10(9-17)16(12(20)21)14(4,5)6/h10,17H,7-9H2,1-6H3,(H,18,19)(H,20,21)/t10-/m0/s1. The number of nitrogens with zero attached hydrogens (tertiary/aromatic N) is 2. The number of carboxylic acid groups (broad SMARTS) is 2. The zero-order chi connectivity index (χ0) is 17.0. The lowest BCUT2D eigenvalue weighted by molar-refractivity contribution is 0.0338. The van der Waals surface area contributed by atoms with Crippen molar-refractivity contribution in [3.8, 4) is 0 Å². The summed E-state index contributed by atoms with van der Waals surface area (Å²) in [6, 6.07) is -0.647. The van der Waals surface area contributed by atoms with Crippen LogP contribution < -0.4 is 0 Å². The van der Waals surface area contributed by atoms with Gasteiger partial charge in [0.1, 0.15) is 0 Å². The Balaban J connectivity index is 5.07. The third-order valence-electron chi connectivity index (χ3n) is 3.23. The lowest BCUT2D eigenvalue weighted by Gasteiger charge is -2.40. The average molecular weight is 304 g/mol. The Kier molecular flexibility index (Phi) is 6.48. The van der Waals surface area contributed by atoms with Crippen LogP contribution in [0.5, 0.6) is 0 Å². The molecule has 1 atom stereocenters. The van der Waals surface area contributed by atoms with Crippen molar-refractivity contribution in [1.29, 1.82) is 0 Å². The third-order valence-corrected chi connectivity index (χ3v) is 3.23. The molecule has 7 nitrogen and oxygen atoms in total. The van der Waals surface area contributed by atoms with Gasteiger partial charge in [0, 0.05) is 17.6 Å². The van der Waals surface area contributed by atoms with Crippen LogP contribution in [0.15, 0.2) is 0 Å². The maximum Gasteiger partial charge on any atom is 0.408 e. The van der Waals surface area contributed by atoms with Crippen molar-refractivity contribution in [1.82, 2.24) is 9.80 Å². The number of aliphatic hydroxyl groups excluding tert-OH is 1. The number of hydrogen-bond donors (Lipinski definition) is 3. The molecule has 0 aromatic rings. The molecule has 0 rings (SSSR count). The van der Waals surface area contributed by atoms with E-state index in [1.807, 2.05) is 0 Å². The van der Waals surface area contributed by atoms with E-state index in [1.165, 1.54) is 9.80 Å². The van der Waals surface area contributed by atoms with Crippen LogP contribution >= 0.6 is 0 Å². The first-order chi connectivity index (χ1) is 9.32. The van der Waals surface area contributed by atoms with Crippen LogP contribution in [0.2, 0.25) is 0 Å². The zero-order valence-electron chi connectivity index (χ0n) is 13.8. The zero-order valence-corrected chi connectivity index (χ0v) is 13.8. The molecular weight excluding hydrogens is 276 g/mol. The van der Waals surface area contributed by atoms with Gasteiger partial charge in [-0.1, -0.05) is 0 Å². The molecule has 3 N–H and O–H groups in total. The summed E-state index contributed by atoms with van der Waals surface area (Å²) < 4.78 is 0. The highest BCUT2D eigenvalue weighted by Crippen LogP contribution is 2.21. The van der Waals surface area contributed by atoms with Crippen molar-refractivity contribution in [2.24, 2.45) is 0 Å². The first-order valence-electron chi connectivity index (χ1n) is 6.96. The van der Waals surface area contributed by atoms with Crippen LogP contribution in [0.4, 0.5) is 9.59 Å². The lowest BCUT2D eigenvalue weighted by Crippen LogP contribution is -2.54. The minimum Gasteiger partial charge on any atom is -0.465 e. The van der Waals surface area contributed by atoms with E-state index in [1.54, 1.807) is 41.5 Å². The highest BCUT2D eigenvalue weighted by atomic mass is 16.4. The van der Waals surface area contributed by atoms with E-state index in [0.29, 0.717) is 0 Å². The van der Waals surface area contributed by atoms with E-state index in [4.69, 9.17) is 0 Å². The first-order valence-corrected chi connectivity index (χ1v) is 6.96. The smallest absolute Gasteiger partial charge is 0.408 e. The van der Waals surface area contributed by atoms with E-state index >= 15 is 0 Å². The molecule has 2 amide bonds. The number of hydrogen-bond acceptors (Lipinski definition) is 3. The Morgan fingerprint density at radius 2 is 1.43 bits per heavy atom. The normalized spacial score (nSPS) is 13.7. The Morgan fingerprint density at radius 3 is 1.67 bits per heavy atom. The second-order valence-electron chi connectivity index (χ2n) is 7.05. The molecule has 0 aliphatic carbocycles. The number of amides is 2. The molecule has 0 aromatic heterocycles. The van der Waals surface area contributed by atoms with E-state index < -0.39 is 29.3 Å². The summed E-state index contributed by atoms with van der Waals surface area (Å²) in [4.78, 5) is 25.1. The molecule has 0 aliphatic rings. The van der Waals surface area contributed by atoms with Gasteiger partial charge < -0.3 is 20.2 Å². The molecular formula is C14H28N2O5. The Bertz CT molecular complexity index is 371. The monoisotopic (exact) mass is 304 g/mol. The largest absolute Gasteiger partial charge is 0.465 e. The van der Waals surface area contributed by atoms with Gasteiger partial charge in [-0.2, -0.15) is 0 Å². The molecule has 124 valence electrons. The fourth-order valence-electron chi connectivity index (χ4n) is 2.29. The van der Waals surface area contributed by atoms with Gasteiger partial charge >= 0.3 is 12.2 Å². The van der Waals surface area contributed by atoms with Crippen molar-refractivity contribution in [3.05, 3.63) is 0 Å². The van der Waals surface area contributed by atoms with Gasteiger partial charge in [-0.3, -0.25) is 4.90 Å². The minimum absolute atomic E-state index is 0.157. The van der Waals surface area contributed by atoms with Crippen LogP contribution in [0.1, 0.15) is 48.0 Å². The summed E-state index contributed by atoms with van der Waals surface area (Å²) in [5.74, 6) is 0. The fourth-order valence-corrected chi connectivity index (χ4v) is 2.29. The summed E-state index contributed by atoms with van der Waals surface area (Å²) in [5, 5.41) is 28.1. The molecule has 0 saturated heterocycles. The number of aliphatic hydroxyl groups is 1. The van der Waals surface area contributed by atoms with Crippen molar-refractivity contribution >= 4 is 12.2 Å². The van der Waals surface area contributed by atoms with Gasteiger partial charge in [-0.05, 0) is 48.0 Å². The molecule has 0 radical (unpaired) electrons. The highest BCUT2D eigenvalue weighted by molar-refractivity contribution is 5.67. The molecule has 0 aliphatic heterocycles. The summed E-state index contributed by atoms with van der Waals surface area (Å²) in [5.41, 5.74) is -1.25. The van der Waals surface area contributed by atoms with Gasteiger partial charge in [0.25, 0.3) is 0 Å². The number of rotatable bonds is 5. The minimum atomic E-state index is -1.13. The average Bonchev–Trinajstić information content (AvgIpc) is 2.22. The van der Waals surface area contributed by atoms with Crippen LogP contribution in [0, 0.1) is 0 Å². The van der Waals surface area contributed by atoms with Gasteiger partial charge in [-0.25, -0.2) is 9.59 Å². The van der Waals surface area contributed by atoms with Crippen molar-refractivity contribution in [3.63, 3.8) is 0 Å². The topological polar surface area (TPSA) is 101 Å². The fraction of sp³-hybridized carbons (Fsp3) is 0.857. The van der Waals surface area contributed by atoms with E-state index in [2.05, 4.69) is 0 Å². The Morgan fingerprint density at radius 1 is 0.952 bits per heavy atom. The van der Waals surface area contributed by atoms with Crippen molar-refractivity contribution < 1.29 is 24.9 Å². The van der Waals surface area contributed by atoms with Crippen LogP contribution in [-0.2, 0) is 0 Å². The summed E-state index contributed by atoms with van der Waals surface area (Å²) in [7, 11) is 0. The molecule has 0 fully saturated rings. The molecule has 7 heteroatoms.